The van der Waals surface area contributed by atoms with Crippen molar-refractivity contribution >= 4 is 46.4 Å². The van der Waals surface area contributed by atoms with Gasteiger partial charge in [-0.15, -0.1) is 0 Å². The second-order valence-electron chi connectivity index (χ2n) is 5.45. The number of benzene rings is 2. The Morgan fingerprint density at radius 3 is 2.27 bits per heavy atom. The number of nitrogens with one attached hydrogen (secondary N) is 2. The Labute approximate surface area is 147 Å². The molecule has 0 spiro atoms. The molecular formula is C18H13N3O5. The van der Waals surface area contributed by atoms with E-state index >= 15 is 0 Å². The number of nitrogens with two attached hydrogens (primary N) is 1. The van der Waals surface area contributed by atoms with E-state index in [2.05, 4.69) is 0 Å². The number of hydrogen-bond donors (Lipinski definition) is 4. The Bertz CT molecular complexity index is 1010. The van der Waals surface area contributed by atoms with Gasteiger partial charge in [-0.05, 0) is 23.1 Å². The van der Waals surface area contributed by atoms with Gasteiger partial charge in [-0.25, -0.2) is 9.59 Å². The molecular weight excluding hydrogens is 338 g/mol. The molecule has 2 aromatic rings. The van der Waals surface area contributed by atoms with Crippen molar-refractivity contribution < 1.29 is 24.3 Å². The van der Waals surface area contributed by atoms with Crippen molar-refractivity contribution in [3.8, 4) is 0 Å². The molecule has 130 valence electrons. The molecule has 1 heterocycles. The molecule has 3 rings (SSSR count). The number of aromatic carboxylic acids is 1. The number of carbonyl (C=O) groups excluding carboxylic acids is 3. The first-order valence-corrected chi connectivity index (χ1v) is 7.48. The lowest BCUT2D eigenvalue weighted by atomic mass is 9.98. The van der Waals surface area contributed by atoms with Gasteiger partial charge in [0.1, 0.15) is 5.57 Å². The number of anilines is 1. The first kappa shape index (κ1) is 16.9. The molecule has 0 bridgehead atoms. The standard InChI is InChI=1S/C18H13N3O5/c19-14-11-6-2-1-5-10(11)9(8-13(14)17(24)25)4-3-7-12-15(22)20-18(26)21-16(12)23/h1-8H,19H2,(H,24,25)(H2,20,21,22,23,26)/b4-3+. The lowest BCUT2D eigenvalue weighted by Crippen LogP contribution is -2.51. The van der Waals surface area contributed by atoms with Crippen molar-refractivity contribution in [1.82, 2.24) is 10.6 Å². The highest BCUT2D eigenvalue weighted by Gasteiger charge is 2.26. The molecule has 1 fully saturated rings. The maximum Gasteiger partial charge on any atom is 0.337 e. The number of amides is 4. The number of allylic oxidation sites excluding steroid dienone is 2. The van der Waals surface area contributed by atoms with E-state index in [-0.39, 0.29) is 16.8 Å². The minimum absolute atomic E-state index is 0.0465. The summed E-state index contributed by atoms with van der Waals surface area (Å²) < 4.78 is 0. The van der Waals surface area contributed by atoms with Gasteiger partial charge in [0.15, 0.2) is 0 Å². The van der Waals surface area contributed by atoms with E-state index in [0.717, 1.165) is 5.39 Å². The van der Waals surface area contributed by atoms with Gasteiger partial charge in [0.25, 0.3) is 11.8 Å². The molecule has 1 aliphatic rings. The molecule has 1 aliphatic heterocycles. The molecule has 0 radical (unpaired) electrons. The van der Waals surface area contributed by atoms with Gasteiger partial charge in [-0.2, -0.15) is 0 Å². The van der Waals surface area contributed by atoms with Crippen LogP contribution in [-0.4, -0.2) is 28.9 Å². The second-order valence-corrected chi connectivity index (χ2v) is 5.45. The third kappa shape index (κ3) is 3.03. The van der Waals surface area contributed by atoms with Crippen LogP contribution in [0.4, 0.5) is 10.5 Å². The Morgan fingerprint density at radius 1 is 1.04 bits per heavy atom. The fraction of sp³-hybridized carbons (Fsp3) is 0. The molecule has 1 saturated heterocycles. The fourth-order valence-electron chi connectivity index (χ4n) is 2.62. The van der Waals surface area contributed by atoms with Crippen LogP contribution in [-0.2, 0) is 9.59 Å². The summed E-state index contributed by atoms with van der Waals surface area (Å²) in [4.78, 5) is 45.8. The smallest absolute Gasteiger partial charge is 0.337 e. The van der Waals surface area contributed by atoms with Crippen molar-refractivity contribution in [3.63, 3.8) is 0 Å². The molecule has 4 amide bonds. The number of rotatable bonds is 3. The average Bonchev–Trinajstić information content (AvgIpc) is 2.58. The largest absolute Gasteiger partial charge is 0.478 e. The molecule has 0 unspecified atom stereocenters. The summed E-state index contributed by atoms with van der Waals surface area (Å²) >= 11 is 0. The topological polar surface area (TPSA) is 139 Å². The third-order valence-corrected chi connectivity index (χ3v) is 3.83. The summed E-state index contributed by atoms with van der Waals surface area (Å²) in [6.45, 7) is 0. The summed E-state index contributed by atoms with van der Waals surface area (Å²) in [5, 5.41) is 14.5. The van der Waals surface area contributed by atoms with E-state index in [1.807, 2.05) is 10.6 Å². The van der Waals surface area contributed by atoms with E-state index in [9.17, 15) is 24.3 Å². The van der Waals surface area contributed by atoms with Crippen LogP contribution < -0.4 is 16.4 Å². The monoisotopic (exact) mass is 351 g/mol. The molecule has 8 nitrogen and oxygen atoms in total. The van der Waals surface area contributed by atoms with Crippen molar-refractivity contribution in [3.05, 3.63) is 59.2 Å². The SMILES string of the molecule is Nc1c(C(=O)O)cc(/C=C/C=C2C(=O)NC(=O)NC2=O)c2ccccc12. The zero-order valence-corrected chi connectivity index (χ0v) is 13.3. The molecule has 8 heteroatoms. The van der Waals surface area contributed by atoms with Gasteiger partial charge in [0.05, 0.1) is 11.3 Å². The Balaban J connectivity index is 2.05. The van der Waals surface area contributed by atoms with Crippen LogP contribution in [0.15, 0.2) is 48.1 Å². The van der Waals surface area contributed by atoms with Crippen molar-refractivity contribution in [1.29, 1.82) is 0 Å². The molecule has 0 aliphatic carbocycles. The third-order valence-electron chi connectivity index (χ3n) is 3.83. The van der Waals surface area contributed by atoms with Crippen LogP contribution in [0.3, 0.4) is 0 Å². The van der Waals surface area contributed by atoms with Crippen LogP contribution in [0.1, 0.15) is 15.9 Å². The fourth-order valence-corrected chi connectivity index (χ4v) is 2.62. The maximum atomic E-state index is 11.7. The van der Waals surface area contributed by atoms with Crippen LogP contribution in [0.5, 0.6) is 0 Å². The Morgan fingerprint density at radius 2 is 1.65 bits per heavy atom. The zero-order chi connectivity index (χ0) is 18.8. The average molecular weight is 351 g/mol. The lowest BCUT2D eigenvalue weighted by Gasteiger charge is -2.13. The first-order valence-electron chi connectivity index (χ1n) is 7.48. The van der Waals surface area contributed by atoms with Crippen LogP contribution in [0, 0.1) is 0 Å². The quantitative estimate of drug-likeness (QED) is 0.375. The van der Waals surface area contributed by atoms with Crippen molar-refractivity contribution in [2.24, 2.45) is 0 Å². The zero-order valence-electron chi connectivity index (χ0n) is 13.3. The highest BCUT2D eigenvalue weighted by atomic mass is 16.4. The molecule has 0 atom stereocenters. The highest BCUT2D eigenvalue weighted by Crippen LogP contribution is 2.29. The molecule has 0 saturated carbocycles. The summed E-state index contributed by atoms with van der Waals surface area (Å²) in [6.07, 6.45) is 4.22. The van der Waals surface area contributed by atoms with E-state index in [1.54, 1.807) is 30.3 Å². The van der Waals surface area contributed by atoms with E-state index in [0.29, 0.717) is 10.9 Å². The number of carbonyl (C=O) groups is 4. The van der Waals surface area contributed by atoms with E-state index in [4.69, 9.17) is 5.73 Å². The summed E-state index contributed by atoms with van der Waals surface area (Å²) in [6, 6.07) is 7.55. The predicted molar refractivity (Wildman–Crippen MR) is 94.1 cm³/mol. The highest BCUT2D eigenvalue weighted by molar-refractivity contribution is 6.29. The van der Waals surface area contributed by atoms with Crippen LogP contribution >= 0.6 is 0 Å². The number of nitrogen functional groups attached to an aromatic ring is 1. The van der Waals surface area contributed by atoms with Crippen LogP contribution in [0.2, 0.25) is 0 Å². The number of imide groups is 2. The van der Waals surface area contributed by atoms with Gasteiger partial charge in [-0.3, -0.25) is 20.2 Å². The van der Waals surface area contributed by atoms with Gasteiger partial charge >= 0.3 is 12.0 Å². The Hall–Kier alpha value is -3.94. The van der Waals surface area contributed by atoms with Gasteiger partial charge in [0, 0.05) is 5.39 Å². The normalized spacial score (nSPS) is 14.5. The van der Waals surface area contributed by atoms with Crippen molar-refractivity contribution in [2.75, 3.05) is 5.73 Å². The van der Waals surface area contributed by atoms with Gasteiger partial charge < -0.3 is 10.8 Å². The summed E-state index contributed by atoms with van der Waals surface area (Å²) in [7, 11) is 0. The molecule has 0 aromatic heterocycles. The Kier molecular flexibility index (Phi) is 4.24. The summed E-state index contributed by atoms with van der Waals surface area (Å²) in [5.41, 5.74) is 6.36. The lowest BCUT2D eigenvalue weighted by molar-refractivity contribution is -0.124. The van der Waals surface area contributed by atoms with Gasteiger partial charge in [0.2, 0.25) is 0 Å². The predicted octanol–water partition coefficient (Wildman–Crippen LogP) is 1.43. The first-order chi connectivity index (χ1) is 12.4. The van der Waals surface area contributed by atoms with Crippen molar-refractivity contribution in [2.45, 2.75) is 0 Å². The molecule has 2 aromatic carbocycles. The minimum Gasteiger partial charge on any atom is -0.478 e. The minimum atomic E-state index is -1.16. The van der Waals surface area contributed by atoms with Crippen LogP contribution in [0.25, 0.3) is 16.8 Å². The second kappa shape index (κ2) is 6.52. The number of urea groups is 1. The van der Waals surface area contributed by atoms with Gasteiger partial charge in [-0.1, -0.05) is 36.4 Å². The van der Waals surface area contributed by atoms with E-state index < -0.39 is 23.8 Å². The molecule has 5 N–H and O–H groups in total. The maximum absolute atomic E-state index is 11.7. The van der Waals surface area contributed by atoms with E-state index in [1.165, 1.54) is 18.2 Å². The number of carboxylic acid groups (broad SMARTS) is 1. The number of carboxylic acids is 1. The molecule has 26 heavy (non-hydrogen) atoms. The summed E-state index contributed by atoms with van der Waals surface area (Å²) in [5.74, 6) is -2.78. The number of hydrogen-bond acceptors (Lipinski definition) is 5. The number of barbiturate groups is 1. The number of fused-ring (bicyclic) bond motifs is 1.